The Morgan fingerprint density at radius 1 is 1.30 bits per heavy atom. The topological polar surface area (TPSA) is 77.4 Å². The summed E-state index contributed by atoms with van der Waals surface area (Å²) < 4.78 is 16.2. The van der Waals surface area contributed by atoms with E-state index in [2.05, 4.69) is 21.1 Å². The summed E-state index contributed by atoms with van der Waals surface area (Å²) in [6, 6.07) is 3.29. The van der Waals surface area contributed by atoms with Crippen LogP contribution >= 0.6 is 15.9 Å². The summed E-state index contributed by atoms with van der Waals surface area (Å²) in [5, 5.41) is 11.6. The van der Waals surface area contributed by atoms with Gasteiger partial charge in [-0.25, -0.2) is 4.79 Å². The smallest absolute Gasteiger partial charge is 0.344 e. The van der Waals surface area contributed by atoms with Crippen molar-refractivity contribution >= 4 is 28.1 Å². The van der Waals surface area contributed by atoms with Crippen LogP contribution in [0.25, 0.3) is 0 Å². The summed E-state index contributed by atoms with van der Waals surface area (Å²) >= 11 is 3.32. The van der Waals surface area contributed by atoms with Crippen LogP contribution in [0.2, 0.25) is 0 Å². The molecule has 7 heteroatoms. The second-order valence-corrected chi connectivity index (χ2v) is 4.45. The summed E-state index contributed by atoms with van der Waals surface area (Å²) in [5.41, 5.74) is 0.624. The number of rotatable bonds is 7. The Morgan fingerprint density at radius 2 is 2.00 bits per heavy atom. The Bertz CT molecular complexity index is 490. The summed E-state index contributed by atoms with van der Waals surface area (Å²) in [7, 11) is 0. The van der Waals surface area contributed by atoms with Crippen molar-refractivity contribution in [1.82, 2.24) is 0 Å². The third-order valence-electron chi connectivity index (χ3n) is 2.21. The summed E-state index contributed by atoms with van der Waals surface area (Å²) in [4.78, 5) is 11.3. The lowest BCUT2D eigenvalue weighted by Gasteiger charge is -2.13. The van der Waals surface area contributed by atoms with E-state index in [9.17, 15) is 4.79 Å². The van der Waals surface area contributed by atoms with E-state index in [1.54, 1.807) is 19.1 Å². The molecule has 0 bridgehead atoms. The zero-order chi connectivity index (χ0) is 15.0. The number of esters is 1. The maximum atomic E-state index is 11.3. The van der Waals surface area contributed by atoms with Crippen molar-refractivity contribution < 1.29 is 24.2 Å². The van der Waals surface area contributed by atoms with Gasteiger partial charge in [0.15, 0.2) is 18.1 Å². The summed E-state index contributed by atoms with van der Waals surface area (Å²) in [6.45, 7) is 4.09. The van der Waals surface area contributed by atoms with Crippen LogP contribution < -0.4 is 9.47 Å². The van der Waals surface area contributed by atoms with Gasteiger partial charge in [0.25, 0.3) is 0 Å². The molecular weight excluding hydrogens is 330 g/mol. The maximum Gasteiger partial charge on any atom is 0.344 e. The average Bonchev–Trinajstić information content (AvgIpc) is 2.41. The largest absolute Gasteiger partial charge is 0.490 e. The molecule has 0 aromatic heterocycles. The fourth-order valence-electron chi connectivity index (χ4n) is 1.43. The number of nitrogens with zero attached hydrogens (tertiary/aromatic N) is 1. The van der Waals surface area contributed by atoms with E-state index >= 15 is 0 Å². The molecule has 110 valence electrons. The van der Waals surface area contributed by atoms with Gasteiger partial charge in [-0.2, -0.15) is 0 Å². The lowest BCUT2D eigenvalue weighted by atomic mass is 10.2. The van der Waals surface area contributed by atoms with E-state index < -0.39 is 5.97 Å². The maximum absolute atomic E-state index is 11.3. The molecule has 0 aliphatic rings. The van der Waals surface area contributed by atoms with E-state index in [1.165, 1.54) is 6.21 Å². The lowest BCUT2D eigenvalue weighted by Crippen LogP contribution is -2.15. The van der Waals surface area contributed by atoms with E-state index in [0.717, 1.165) is 0 Å². The first-order valence-corrected chi connectivity index (χ1v) is 6.83. The number of ether oxygens (including phenoxy) is 3. The van der Waals surface area contributed by atoms with E-state index in [-0.39, 0.29) is 6.61 Å². The molecule has 1 N–H and O–H groups in total. The number of oxime groups is 1. The lowest BCUT2D eigenvalue weighted by molar-refractivity contribution is -0.145. The van der Waals surface area contributed by atoms with Crippen LogP contribution in [0.15, 0.2) is 21.8 Å². The van der Waals surface area contributed by atoms with Gasteiger partial charge in [-0.3, -0.25) is 0 Å². The molecule has 1 aromatic carbocycles. The molecule has 0 saturated heterocycles. The zero-order valence-corrected chi connectivity index (χ0v) is 12.8. The molecular formula is C13H16BrNO5. The number of hydrogen-bond donors (Lipinski definition) is 1. The van der Waals surface area contributed by atoms with Crippen molar-refractivity contribution in [3.05, 3.63) is 22.2 Å². The Hall–Kier alpha value is -1.76. The number of carbonyl (C=O) groups is 1. The molecule has 0 heterocycles. The van der Waals surface area contributed by atoms with Crippen molar-refractivity contribution in [2.75, 3.05) is 19.8 Å². The number of benzene rings is 1. The molecule has 0 amide bonds. The number of halogens is 1. The van der Waals surface area contributed by atoms with Crippen LogP contribution in [-0.2, 0) is 9.53 Å². The molecule has 1 aromatic rings. The molecule has 0 atom stereocenters. The van der Waals surface area contributed by atoms with E-state index in [1.807, 2.05) is 6.92 Å². The first kappa shape index (κ1) is 16.3. The minimum absolute atomic E-state index is 0.201. The Labute approximate surface area is 125 Å². The average molecular weight is 346 g/mol. The van der Waals surface area contributed by atoms with Gasteiger partial charge in [0, 0.05) is 10.0 Å². The van der Waals surface area contributed by atoms with Gasteiger partial charge in [0.05, 0.1) is 19.4 Å². The highest BCUT2D eigenvalue weighted by atomic mass is 79.9. The third-order valence-corrected chi connectivity index (χ3v) is 2.90. The fraction of sp³-hybridized carbons (Fsp3) is 0.385. The molecule has 6 nitrogen and oxygen atoms in total. The zero-order valence-electron chi connectivity index (χ0n) is 11.3. The quantitative estimate of drug-likeness (QED) is 0.355. The van der Waals surface area contributed by atoms with Gasteiger partial charge in [-0.05, 0) is 41.9 Å². The van der Waals surface area contributed by atoms with E-state index in [0.29, 0.717) is 34.7 Å². The predicted molar refractivity (Wildman–Crippen MR) is 76.8 cm³/mol. The number of hydrogen-bond acceptors (Lipinski definition) is 6. The molecule has 0 fully saturated rings. The van der Waals surface area contributed by atoms with Crippen LogP contribution in [-0.4, -0.2) is 37.2 Å². The van der Waals surface area contributed by atoms with Gasteiger partial charge in [0.1, 0.15) is 0 Å². The molecule has 0 aliphatic carbocycles. The molecule has 0 saturated carbocycles. The Morgan fingerprint density at radius 3 is 2.60 bits per heavy atom. The van der Waals surface area contributed by atoms with Crippen LogP contribution in [0, 0.1) is 0 Å². The van der Waals surface area contributed by atoms with Crippen LogP contribution in [0.5, 0.6) is 11.5 Å². The molecule has 0 unspecified atom stereocenters. The highest BCUT2D eigenvalue weighted by Crippen LogP contribution is 2.33. The van der Waals surface area contributed by atoms with Gasteiger partial charge >= 0.3 is 5.97 Å². The van der Waals surface area contributed by atoms with Gasteiger partial charge in [-0.1, -0.05) is 5.16 Å². The monoisotopic (exact) mass is 345 g/mol. The van der Waals surface area contributed by atoms with Crippen LogP contribution in [0.4, 0.5) is 0 Å². The molecule has 20 heavy (non-hydrogen) atoms. The fourth-order valence-corrected chi connectivity index (χ4v) is 1.86. The first-order valence-electron chi connectivity index (χ1n) is 6.04. The Kier molecular flexibility index (Phi) is 6.86. The van der Waals surface area contributed by atoms with Gasteiger partial charge in [-0.15, -0.1) is 0 Å². The second-order valence-electron chi connectivity index (χ2n) is 3.59. The molecule has 0 aliphatic heterocycles. The molecule has 1 rings (SSSR count). The predicted octanol–water partition coefficient (Wildman–Crippen LogP) is 2.60. The second kappa shape index (κ2) is 8.42. The summed E-state index contributed by atoms with van der Waals surface area (Å²) in [6.07, 6.45) is 1.27. The SMILES string of the molecule is CCOC(=O)COc1cc(Br)c(/C=N/O)cc1OCC. The van der Waals surface area contributed by atoms with Crippen molar-refractivity contribution in [2.45, 2.75) is 13.8 Å². The highest BCUT2D eigenvalue weighted by molar-refractivity contribution is 9.10. The molecule has 0 radical (unpaired) electrons. The third kappa shape index (κ3) is 4.73. The molecule has 0 spiro atoms. The summed E-state index contributed by atoms with van der Waals surface area (Å²) in [5.74, 6) is 0.406. The van der Waals surface area contributed by atoms with E-state index in [4.69, 9.17) is 19.4 Å². The minimum atomic E-state index is -0.452. The number of carbonyl (C=O) groups excluding carboxylic acids is 1. The van der Waals surface area contributed by atoms with Crippen LogP contribution in [0.1, 0.15) is 19.4 Å². The minimum Gasteiger partial charge on any atom is -0.490 e. The van der Waals surface area contributed by atoms with Crippen molar-refractivity contribution in [3.8, 4) is 11.5 Å². The standard InChI is InChI=1S/C13H16BrNO5/c1-3-18-11-5-9(7-15-17)10(14)6-12(11)20-8-13(16)19-4-2/h5-7,17H,3-4,8H2,1-2H3/b15-7+. The normalized spacial score (nSPS) is 10.6. The van der Waals surface area contributed by atoms with Crippen LogP contribution in [0.3, 0.4) is 0 Å². The van der Waals surface area contributed by atoms with Gasteiger partial charge < -0.3 is 19.4 Å². The first-order chi connectivity index (χ1) is 9.62. The van der Waals surface area contributed by atoms with Crippen molar-refractivity contribution in [2.24, 2.45) is 5.16 Å². The van der Waals surface area contributed by atoms with Crippen molar-refractivity contribution in [3.63, 3.8) is 0 Å². The Balaban J connectivity index is 2.93. The highest BCUT2D eigenvalue weighted by Gasteiger charge is 2.12. The van der Waals surface area contributed by atoms with Gasteiger partial charge in [0.2, 0.25) is 0 Å². The van der Waals surface area contributed by atoms with Crippen molar-refractivity contribution in [1.29, 1.82) is 0 Å².